The lowest BCUT2D eigenvalue weighted by atomic mass is 10.3. The summed E-state index contributed by atoms with van der Waals surface area (Å²) in [6, 6.07) is 4.49. The average molecular weight is 351 g/mol. The number of anilines is 1. The van der Waals surface area contributed by atoms with Crippen LogP contribution in [-0.2, 0) is 0 Å². The molecular weight excluding hydrogens is 339 g/mol. The Morgan fingerprint density at radius 1 is 1.43 bits per heavy atom. The van der Waals surface area contributed by atoms with Crippen LogP contribution in [0.5, 0.6) is 11.6 Å². The molecule has 7 heteroatoms. The topological polar surface area (TPSA) is 51.5 Å². The lowest BCUT2D eigenvalue weighted by molar-refractivity contribution is 0.429. The van der Waals surface area contributed by atoms with Crippen LogP contribution in [0.15, 0.2) is 41.3 Å². The fraction of sp³-hybridized carbons (Fsp3) is 0.143. The number of hydrogen-bond donors (Lipinski definition) is 1. The number of hydrogen-bond acceptors (Lipinski definition) is 4. The number of halogens is 2. The van der Waals surface area contributed by atoms with E-state index >= 15 is 0 Å². The Kier molecular flexibility index (Phi) is 3.74. The molecular formula is C14H12BrFN4O. The van der Waals surface area contributed by atoms with Gasteiger partial charge in [0.1, 0.15) is 5.82 Å². The Morgan fingerprint density at radius 3 is 3.10 bits per heavy atom. The smallest absolute Gasteiger partial charge is 0.265 e. The minimum absolute atomic E-state index is 0.0930. The number of fused-ring (bicyclic) bond motifs is 1. The molecule has 21 heavy (non-hydrogen) atoms. The van der Waals surface area contributed by atoms with Gasteiger partial charge in [0.2, 0.25) is 5.65 Å². The zero-order valence-electron chi connectivity index (χ0n) is 11.2. The summed E-state index contributed by atoms with van der Waals surface area (Å²) >= 11 is 3.29. The fourth-order valence-corrected chi connectivity index (χ4v) is 2.24. The van der Waals surface area contributed by atoms with E-state index in [9.17, 15) is 4.39 Å². The normalized spacial score (nSPS) is 10.8. The maximum atomic E-state index is 13.8. The van der Waals surface area contributed by atoms with E-state index in [1.165, 1.54) is 6.07 Å². The highest BCUT2D eigenvalue weighted by atomic mass is 79.9. The summed E-state index contributed by atoms with van der Waals surface area (Å²) in [7, 11) is 0. The summed E-state index contributed by atoms with van der Waals surface area (Å²) in [5, 5.41) is 3.10. The van der Waals surface area contributed by atoms with Crippen molar-refractivity contribution < 1.29 is 9.13 Å². The molecule has 0 bridgehead atoms. The predicted octanol–water partition coefficient (Wildman–Crippen LogP) is 3.86. The van der Waals surface area contributed by atoms with Crippen LogP contribution < -0.4 is 10.1 Å². The van der Waals surface area contributed by atoms with Crippen molar-refractivity contribution >= 4 is 27.4 Å². The van der Waals surface area contributed by atoms with Gasteiger partial charge in [-0.05, 0) is 25.1 Å². The van der Waals surface area contributed by atoms with Crippen LogP contribution >= 0.6 is 15.9 Å². The maximum Gasteiger partial charge on any atom is 0.265 e. The van der Waals surface area contributed by atoms with Gasteiger partial charge in [0.05, 0.1) is 6.20 Å². The van der Waals surface area contributed by atoms with E-state index < -0.39 is 5.82 Å². The number of benzene rings is 1. The molecule has 108 valence electrons. The number of ether oxygens (including phenoxy) is 1. The molecule has 0 unspecified atom stereocenters. The van der Waals surface area contributed by atoms with Crippen molar-refractivity contribution in [1.82, 2.24) is 14.4 Å². The highest BCUT2D eigenvalue weighted by molar-refractivity contribution is 9.10. The maximum absolute atomic E-state index is 13.8. The van der Waals surface area contributed by atoms with Crippen LogP contribution in [-0.4, -0.2) is 20.9 Å². The van der Waals surface area contributed by atoms with Gasteiger partial charge in [-0.25, -0.2) is 9.37 Å². The van der Waals surface area contributed by atoms with Gasteiger partial charge >= 0.3 is 0 Å². The molecule has 3 rings (SSSR count). The molecule has 2 heterocycles. The third-order valence-electron chi connectivity index (χ3n) is 2.80. The van der Waals surface area contributed by atoms with Crippen molar-refractivity contribution in [3.05, 3.63) is 47.1 Å². The Hall–Kier alpha value is -2.15. The zero-order chi connectivity index (χ0) is 14.8. The van der Waals surface area contributed by atoms with Crippen LogP contribution in [0, 0.1) is 5.82 Å². The first-order chi connectivity index (χ1) is 10.2. The Balaban J connectivity index is 2.06. The number of imidazole rings is 1. The van der Waals surface area contributed by atoms with E-state index in [0.29, 0.717) is 11.5 Å². The Bertz CT molecular complexity index is 790. The summed E-state index contributed by atoms with van der Waals surface area (Å²) in [6.45, 7) is 2.69. The number of aromatic nitrogens is 3. The second kappa shape index (κ2) is 5.69. The molecule has 1 aromatic carbocycles. The van der Waals surface area contributed by atoms with Crippen molar-refractivity contribution in [2.75, 3.05) is 11.9 Å². The summed E-state index contributed by atoms with van der Waals surface area (Å²) < 4.78 is 21.9. The van der Waals surface area contributed by atoms with Gasteiger partial charge in [0.25, 0.3) is 5.88 Å². The largest absolute Gasteiger partial charge is 0.433 e. The zero-order valence-corrected chi connectivity index (χ0v) is 12.8. The molecule has 0 fully saturated rings. The van der Waals surface area contributed by atoms with Crippen molar-refractivity contribution in [3.8, 4) is 11.6 Å². The van der Waals surface area contributed by atoms with E-state index in [2.05, 4.69) is 31.2 Å². The summed E-state index contributed by atoms with van der Waals surface area (Å²) in [5.41, 5.74) is 0.524. The minimum atomic E-state index is -0.460. The lowest BCUT2D eigenvalue weighted by Gasteiger charge is -2.10. The quantitative estimate of drug-likeness (QED) is 0.776. The van der Waals surface area contributed by atoms with E-state index in [1.807, 2.05) is 6.92 Å². The standard InChI is InChI=1S/C14H12BrFN4O/c1-2-17-12-8-20-6-5-18-13(20)14(19-12)21-11-7-9(15)3-4-10(11)16/h3-8,17H,2H2,1H3. The summed E-state index contributed by atoms with van der Waals surface area (Å²) in [4.78, 5) is 8.51. The average Bonchev–Trinajstić information content (AvgIpc) is 2.92. The second-order valence-corrected chi connectivity index (χ2v) is 5.21. The SMILES string of the molecule is CCNc1cn2ccnc2c(Oc2cc(Br)ccc2F)n1. The van der Waals surface area contributed by atoms with E-state index in [4.69, 9.17) is 4.74 Å². The Morgan fingerprint density at radius 2 is 2.29 bits per heavy atom. The van der Waals surface area contributed by atoms with Gasteiger partial charge in [0.15, 0.2) is 11.6 Å². The minimum Gasteiger partial charge on any atom is -0.433 e. The van der Waals surface area contributed by atoms with Gasteiger partial charge in [0, 0.05) is 23.4 Å². The predicted molar refractivity (Wildman–Crippen MR) is 81.3 cm³/mol. The van der Waals surface area contributed by atoms with Gasteiger partial charge < -0.3 is 10.1 Å². The van der Waals surface area contributed by atoms with E-state index in [1.54, 1.807) is 35.1 Å². The summed E-state index contributed by atoms with van der Waals surface area (Å²) in [6.07, 6.45) is 5.22. The molecule has 0 aliphatic rings. The molecule has 3 aromatic rings. The molecule has 0 atom stereocenters. The van der Waals surface area contributed by atoms with Crippen LogP contribution in [0.3, 0.4) is 0 Å². The highest BCUT2D eigenvalue weighted by Gasteiger charge is 2.12. The number of rotatable bonds is 4. The van der Waals surface area contributed by atoms with Crippen molar-refractivity contribution in [3.63, 3.8) is 0 Å². The van der Waals surface area contributed by atoms with Crippen molar-refractivity contribution in [2.45, 2.75) is 6.92 Å². The van der Waals surface area contributed by atoms with Crippen molar-refractivity contribution in [2.24, 2.45) is 0 Å². The lowest BCUT2D eigenvalue weighted by Crippen LogP contribution is -2.03. The number of nitrogens with one attached hydrogen (secondary N) is 1. The monoisotopic (exact) mass is 350 g/mol. The molecule has 5 nitrogen and oxygen atoms in total. The molecule has 0 amide bonds. The van der Waals surface area contributed by atoms with Crippen LogP contribution in [0.2, 0.25) is 0 Å². The number of nitrogens with zero attached hydrogens (tertiary/aromatic N) is 3. The van der Waals surface area contributed by atoms with Gasteiger partial charge in [-0.15, -0.1) is 0 Å². The first kappa shape index (κ1) is 13.8. The van der Waals surface area contributed by atoms with Crippen LogP contribution in [0.25, 0.3) is 5.65 Å². The van der Waals surface area contributed by atoms with Crippen molar-refractivity contribution in [1.29, 1.82) is 0 Å². The highest BCUT2D eigenvalue weighted by Crippen LogP contribution is 2.29. The van der Waals surface area contributed by atoms with Crippen LogP contribution in [0.1, 0.15) is 6.92 Å². The molecule has 0 saturated carbocycles. The molecule has 0 radical (unpaired) electrons. The Labute approximate surface area is 128 Å². The molecule has 1 N–H and O–H groups in total. The van der Waals surface area contributed by atoms with E-state index in [0.717, 1.165) is 11.0 Å². The molecule has 0 saturated heterocycles. The van der Waals surface area contributed by atoms with Gasteiger partial charge in [-0.3, -0.25) is 4.40 Å². The molecule has 0 aliphatic heterocycles. The second-order valence-electron chi connectivity index (χ2n) is 4.30. The third-order valence-corrected chi connectivity index (χ3v) is 3.29. The van der Waals surface area contributed by atoms with Gasteiger partial charge in [-0.1, -0.05) is 15.9 Å². The molecule has 0 aliphatic carbocycles. The van der Waals surface area contributed by atoms with Gasteiger partial charge in [-0.2, -0.15) is 4.98 Å². The molecule has 2 aromatic heterocycles. The fourth-order valence-electron chi connectivity index (χ4n) is 1.90. The first-order valence-electron chi connectivity index (χ1n) is 6.38. The first-order valence-corrected chi connectivity index (χ1v) is 7.17. The van der Waals surface area contributed by atoms with Crippen LogP contribution in [0.4, 0.5) is 10.2 Å². The van der Waals surface area contributed by atoms with E-state index in [-0.39, 0.29) is 11.6 Å². The summed E-state index contributed by atoms with van der Waals surface area (Å²) in [5.74, 6) is 0.512. The third kappa shape index (κ3) is 2.82. The molecule has 0 spiro atoms.